The minimum Gasteiger partial charge on any atom is -0.356 e. The Balaban J connectivity index is 1.42. The minimum absolute atomic E-state index is 0.00408. The van der Waals surface area contributed by atoms with Gasteiger partial charge in [-0.05, 0) is 63.1 Å². The van der Waals surface area contributed by atoms with Crippen molar-refractivity contribution in [1.82, 2.24) is 10.2 Å². The smallest absolute Gasteiger partial charge is 0.253 e. The number of rotatable bonds is 5. The number of halogens is 1. The monoisotopic (exact) mass is 374 g/mol. The van der Waals surface area contributed by atoms with Crippen molar-refractivity contribution >= 4 is 23.4 Å². The van der Waals surface area contributed by atoms with Crippen molar-refractivity contribution < 1.29 is 9.59 Å². The molecule has 0 aromatic heterocycles. The van der Waals surface area contributed by atoms with Gasteiger partial charge in [-0.2, -0.15) is 0 Å². The lowest BCUT2D eigenvalue weighted by Crippen LogP contribution is -2.43. The molecule has 1 aromatic carbocycles. The fourth-order valence-corrected chi connectivity index (χ4v) is 3.96. The summed E-state index contributed by atoms with van der Waals surface area (Å²) in [5.74, 6) is 0.144. The summed E-state index contributed by atoms with van der Waals surface area (Å²) in [7, 11) is 0. The number of piperidine rings is 1. The molecule has 1 aliphatic heterocycles. The van der Waals surface area contributed by atoms with E-state index < -0.39 is 0 Å². The zero-order chi connectivity index (χ0) is 18.4. The maximum absolute atomic E-state index is 12.5. The van der Waals surface area contributed by atoms with Crippen LogP contribution in [-0.4, -0.2) is 36.3 Å². The first-order valence-corrected chi connectivity index (χ1v) is 10.0. The summed E-state index contributed by atoms with van der Waals surface area (Å²) in [4.78, 5) is 26.7. The van der Waals surface area contributed by atoms with Crippen molar-refractivity contribution in [2.75, 3.05) is 19.6 Å². The first-order valence-electron chi connectivity index (χ1n) is 9.64. The van der Waals surface area contributed by atoms with Crippen LogP contribution in [0.15, 0.2) is 35.9 Å². The van der Waals surface area contributed by atoms with Crippen LogP contribution in [0.25, 0.3) is 0 Å². The number of nitrogens with zero attached hydrogens (tertiary/aromatic N) is 1. The molecule has 1 aromatic rings. The maximum atomic E-state index is 12.5. The Labute approximate surface area is 160 Å². The molecule has 2 amide bonds. The lowest BCUT2D eigenvalue weighted by atomic mass is 9.94. The minimum atomic E-state index is -0.00408. The van der Waals surface area contributed by atoms with Crippen LogP contribution < -0.4 is 5.32 Å². The number of allylic oxidation sites excluding steroid dienone is 1. The molecule has 4 nitrogen and oxygen atoms in total. The predicted octanol–water partition coefficient (Wildman–Crippen LogP) is 4.20. The molecule has 0 saturated carbocycles. The van der Waals surface area contributed by atoms with Crippen LogP contribution >= 0.6 is 11.6 Å². The third-order valence-corrected chi connectivity index (χ3v) is 5.59. The van der Waals surface area contributed by atoms with Gasteiger partial charge in [-0.15, -0.1) is 0 Å². The molecular formula is C21H27ClN2O2. The third-order valence-electron chi connectivity index (χ3n) is 5.35. The fourth-order valence-electron chi connectivity index (χ4n) is 3.77. The Morgan fingerprint density at radius 1 is 1.19 bits per heavy atom. The van der Waals surface area contributed by atoms with E-state index in [9.17, 15) is 9.59 Å². The number of carbonyl (C=O) groups is 2. The van der Waals surface area contributed by atoms with Crippen LogP contribution in [0.4, 0.5) is 0 Å². The molecule has 1 fully saturated rings. The third kappa shape index (κ3) is 5.10. The number of amides is 2. The summed E-state index contributed by atoms with van der Waals surface area (Å²) in [6.45, 7) is 1.97. The number of likely N-dealkylation sites (tertiary alicyclic amines) is 1. The molecule has 0 unspecified atom stereocenters. The van der Waals surface area contributed by atoms with Gasteiger partial charge in [-0.1, -0.05) is 29.3 Å². The standard InChI is InChI=1S/C21H27ClN2O2/c22-19-8-4-7-18(15-19)21(26)24-13-10-17(11-14-24)20(25)23-12-9-16-5-2-1-3-6-16/h4-5,7-8,15,17H,1-3,6,9-14H2,(H,23,25). The Morgan fingerprint density at radius 3 is 2.69 bits per heavy atom. The van der Waals surface area contributed by atoms with Gasteiger partial charge in [0.2, 0.25) is 5.91 Å². The SMILES string of the molecule is O=C(NCCC1=CCCCC1)C1CCN(C(=O)c2cccc(Cl)c2)CC1. The van der Waals surface area contributed by atoms with Crippen LogP contribution in [0.5, 0.6) is 0 Å². The lowest BCUT2D eigenvalue weighted by molar-refractivity contribution is -0.126. The molecule has 2 aliphatic rings. The predicted molar refractivity (Wildman–Crippen MR) is 104 cm³/mol. The Morgan fingerprint density at radius 2 is 2.00 bits per heavy atom. The summed E-state index contributed by atoms with van der Waals surface area (Å²) >= 11 is 5.97. The zero-order valence-electron chi connectivity index (χ0n) is 15.2. The lowest BCUT2D eigenvalue weighted by Gasteiger charge is -2.31. The first kappa shape index (κ1) is 19.0. The highest BCUT2D eigenvalue weighted by molar-refractivity contribution is 6.30. The van der Waals surface area contributed by atoms with E-state index in [2.05, 4.69) is 11.4 Å². The van der Waals surface area contributed by atoms with E-state index in [1.54, 1.807) is 24.3 Å². The van der Waals surface area contributed by atoms with E-state index in [-0.39, 0.29) is 17.7 Å². The quantitative estimate of drug-likeness (QED) is 0.785. The zero-order valence-corrected chi connectivity index (χ0v) is 15.9. The number of nitrogens with one attached hydrogen (secondary N) is 1. The van der Waals surface area contributed by atoms with Gasteiger partial charge in [0.25, 0.3) is 5.91 Å². The van der Waals surface area contributed by atoms with Crippen LogP contribution in [0.3, 0.4) is 0 Å². The molecule has 0 atom stereocenters. The number of hydrogen-bond acceptors (Lipinski definition) is 2. The van der Waals surface area contributed by atoms with Gasteiger partial charge < -0.3 is 10.2 Å². The van der Waals surface area contributed by atoms with Crippen molar-refractivity contribution in [1.29, 1.82) is 0 Å². The van der Waals surface area contributed by atoms with E-state index in [0.717, 1.165) is 25.8 Å². The second-order valence-electron chi connectivity index (χ2n) is 7.23. The van der Waals surface area contributed by atoms with Crippen molar-refractivity contribution in [3.8, 4) is 0 Å². The Kier molecular flexibility index (Phi) is 6.73. The fraction of sp³-hybridized carbons (Fsp3) is 0.524. The molecule has 1 saturated heterocycles. The second kappa shape index (κ2) is 9.22. The van der Waals surface area contributed by atoms with Crippen LogP contribution in [-0.2, 0) is 4.79 Å². The van der Waals surface area contributed by atoms with Crippen molar-refractivity contribution in [3.63, 3.8) is 0 Å². The first-order chi connectivity index (χ1) is 12.6. The van der Waals surface area contributed by atoms with E-state index in [1.165, 1.54) is 31.3 Å². The van der Waals surface area contributed by atoms with E-state index >= 15 is 0 Å². The molecule has 0 radical (unpaired) electrons. The van der Waals surface area contributed by atoms with Crippen LogP contribution in [0.1, 0.15) is 55.3 Å². The molecule has 140 valence electrons. The van der Waals surface area contributed by atoms with Gasteiger partial charge in [-0.25, -0.2) is 0 Å². The van der Waals surface area contributed by atoms with E-state index in [4.69, 9.17) is 11.6 Å². The number of benzene rings is 1. The highest BCUT2D eigenvalue weighted by Crippen LogP contribution is 2.22. The highest BCUT2D eigenvalue weighted by Gasteiger charge is 2.27. The van der Waals surface area contributed by atoms with E-state index in [0.29, 0.717) is 23.7 Å². The van der Waals surface area contributed by atoms with Gasteiger partial charge in [0.1, 0.15) is 0 Å². The molecule has 5 heteroatoms. The molecule has 1 heterocycles. The molecule has 1 aliphatic carbocycles. The van der Waals surface area contributed by atoms with Crippen molar-refractivity contribution in [2.24, 2.45) is 5.92 Å². The molecule has 1 N–H and O–H groups in total. The number of carbonyl (C=O) groups excluding carboxylic acids is 2. The van der Waals surface area contributed by atoms with Gasteiger partial charge in [0.15, 0.2) is 0 Å². The summed E-state index contributed by atoms with van der Waals surface area (Å²) < 4.78 is 0. The van der Waals surface area contributed by atoms with Gasteiger partial charge in [0.05, 0.1) is 0 Å². The molecule has 3 rings (SSSR count). The Hall–Kier alpha value is -1.81. The topological polar surface area (TPSA) is 49.4 Å². The summed E-state index contributed by atoms with van der Waals surface area (Å²) in [6, 6.07) is 7.03. The van der Waals surface area contributed by atoms with Crippen molar-refractivity contribution in [3.05, 3.63) is 46.5 Å². The summed E-state index contributed by atoms with van der Waals surface area (Å²) in [5, 5.41) is 3.65. The molecule has 0 spiro atoms. The maximum Gasteiger partial charge on any atom is 0.253 e. The van der Waals surface area contributed by atoms with Crippen molar-refractivity contribution in [2.45, 2.75) is 44.9 Å². The summed E-state index contributed by atoms with van der Waals surface area (Å²) in [5.41, 5.74) is 2.10. The molecule has 26 heavy (non-hydrogen) atoms. The summed E-state index contributed by atoms with van der Waals surface area (Å²) in [6.07, 6.45) is 9.68. The van der Waals surface area contributed by atoms with Crippen LogP contribution in [0.2, 0.25) is 5.02 Å². The molecular weight excluding hydrogens is 348 g/mol. The Bertz CT molecular complexity index is 678. The van der Waals surface area contributed by atoms with Gasteiger partial charge in [-0.3, -0.25) is 9.59 Å². The van der Waals surface area contributed by atoms with Gasteiger partial charge in [0, 0.05) is 36.1 Å². The normalized spacial score (nSPS) is 18.3. The van der Waals surface area contributed by atoms with Gasteiger partial charge >= 0.3 is 0 Å². The average molecular weight is 375 g/mol. The largest absolute Gasteiger partial charge is 0.356 e. The average Bonchev–Trinajstić information content (AvgIpc) is 2.68. The highest BCUT2D eigenvalue weighted by atomic mass is 35.5. The molecule has 0 bridgehead atoms. The van der Waals surface area contributed by atoms with E-state index in [1.807, 2.05) is 4.90 Å². The number of hydrogen-bond donors (Lipinski definition) is 1. The van der Waals surface area contributed by atoms with Crippen LogP contribution in [0, 0.1) is 5.92 Å². The second-order valence-corrected chi connectivity index (χ2v) is 7.66.